The average Bonchev–Trinajstić information content (AvgIpc) is 2.48. The summed E-state index contributed by atoms with van der Waals surface area (Å²) in [6.07, 6.45) is -0.551. The summed E-state index contributed by atoms with van der Waals surface area (Å²) in [6.45, 7) is 4.64. The number of likely N-dealkylation sites (N-methyl/N-ethyl adjacent to an activating group) is 1. The number of hydrogen-bond donors (Lipinski definition) is 0. The fourth-order valence-corrected chi connectivity index (χ4v) is 2.54. The highest BCUT2D eigenvalue weighted by atomic mass is 16.5. The van der Waals surface area contributed by atoms with E-state index in [-0.39, 0.29) is 5.91 Å². The lowest BCUT2D eigenvalue weighted by molar-refractivity contribution is -0.126. The molecule has 20 heavy (non-hydrogen) atoms. The molecule has 3 rings (SSSR count). The molecule has 0 radical (unpaired) electrons. The van der Waals surface area contributed by atoms with E-state index in [2.05, 4.69) is 0 Å². The van der Waals surface area contributed by atoms with E-state index in [9.17, 15) is 4.79 Å². The Bertz CT molecular complexity index is 637. The zero-order valence-electron chi connectivity index (χ0n) is 11.7. The van der Waals surface area contributed by atoms with Crippen molar-refractivity contribution in [2.45, 2.75) is 20.0 Å². The molecule has 0 spiro atoms. The van der Waals surface area contributed by atoms with E-state index in [1.165, 1.54) is 0 Å². The smallest absolute Gasteiger partial charge is 0.272 e. The van der Waals surface area contributed by atoms with Crippen molar-refractivity contribution in [3.05, 3.63) is 59.7 Å². The van der Waals surface area contributed by atoms with Gasteiger partial charge in [-0.3, -0.25) is 4.79 Å². The number of nitrogens with zero attached hydrogens (tertiary/aromatic N) is 1. The first-order chi connectivity index (χ1) is 9.70. The van der Waals surface area contributed by atoms with Crippen molar-refractivity contribution in [3.8, 4) is 5.75 Å². The molecule has 1 amide bonds. The van der Waals surface area contributed by atoms with Crippen LogP contribution in [0.4, 0.5) is 5.69 Å². The van der Waals surface area contributed by atoms with Crippen molar-refractivity contribution in [3.63, 3.8) is 0 Å². The zero-order valence-corrected chi connectivity index (χ0v) is 11.7. The third kappa shape index (κ3) is 2.05. The number of amides is 1. The summed E-state index contributed by atoms with van der Waals surface area (Å²) in [5.41, 5.74) is 2.87. The van der Waals surface area contributed by atoms with Crippen LogP contribution in [0.25, 0.3) is 0 Å². The summed E-state index contributed by atoms with van der Waals surface area (Å²) in [5.74, 6) is 0.773. The topological polar surface area (TPSA) is 29.5 Å². The van der Waals surface area contributed by atoms with E-state index in [1.807, 2.05) is 62.4 Å². The largest absolute Gasteiger partial charge is 0.474 e. The van der Waals surface area contributed by atoms with Gasteiger partial charge in [0.2, 0.25) is 6.10 Å². The van der Waals surface area contributed by atoms with Crippen LogP contribution in [0.3, 0.4) is 0 Å². The average molecular weight is 267 g/mol. The van der Waals surface area contributed by atoms with Crippen LogP contribution in [-0.4, -0.2) is 12.5 Å². The zero-order chi connectivity index (χ0) is 14.1. The number of hydrogen-bond acceptors (Lipinski definition) is 2. The number of fused-ring (bicyclic) bond motifs is 1. The molecular formula is C17H17NO2. The monoisotopic (exact) mass is 267 g/mol. The first-order valence-electron chi connectivity index (χ1n) is 6.84. The second-order valence-electron chi connectivity index (χ2n) is 4.96. The SMILES string of the molecule is CCN1C(=O)C(c2ccccc2)Oc2cc(C)ccc21. The first kappa shape index (κ1) is 12.7. The maximum Gasteiger partial charge on any atom is 0.272 e. The fraction of sp³-hybridized carbons (Fsp3) is 0.235. The molecule has 0 saturated carbocycles. The summed E-state index contributed by atoms with van der Waals surface area (Å²) < 4.78 is 5.95. The van der Waals surface area contributed by atoms with Gasteiger partial charge in [0.05, 0.1) is 5.69 Å². The molecule has 0 fully saturated rings. The minimum atomic E-state index is -0.551. The molecule has 2 aromatic rings. The Balaban J connectivity index is 2.07. The number of rotatable bonds is 2. The van der Waals surface area contributed by atoms with Crippen LogP contribution < -0.4 is 9.64 Å². The van der Waals surface area contributed by atoms with Gasteiger partial charge in [0.25, 0.3) is 5.91 Å². The van der Waals surface area contributed by atoms with Crippen LogP contribution in [-0.2, 0) is 4.79 Å². The fourth-order valence-electron chi connectivity index (χ4n) is 2.54. The Morgan fingerprint density at radius 1 is 1.15 bits per heavy atom. The molecule has 1 unspecified atom stereocenters. The lowest BCUT2D eigenvalue weighted by Crippen LogP contribution is -2.41. The predicted octanol–water partition coefficient (Wildman–Crippen LogP) is 3.48. The molecule has 102 valence electrons. The molecule has 1 aliphatic heterocycles. The van der Waals surface area contributed by atoms with Gasteiger partial charge in [-0.15, -0.1) is 0 Å². The first-order valence-corrected chi connectivity index (χ1v) is 6.84. The number of benzene rings is 2. The maximum absolute atomic E-state index is 12.6. The highest BCUT2D eigenvalue weighted by Crippen LogP contribution is 2.39. The van der Waals surface area contributed by atoms with Gasteiger partial charge < -0.3 is 9.64 Å². The molecule has 0 saturated heterocycles. The molecule has 2 aromatic carbocycles. The maximum atomic E-state index is 12.6. The molecule has 0 N–H and O–H groups in total. The van der Waals surface area contributed by atoms with Gasteiger partial charge in [-0.05, 0) is 31.5 Å². The van der Waals surface area contributed by atoms with Crippen molar-refractivity contribution < 1.29 is 9.53 Å². The van der Waals surface area contributed by atoms with Crippen molar-refractivity contribution in [2.24, 2.45) is 0 Å². The summed E-state index contributed by atoms with van der Waals surface area (Å²) in [7, 11) is 0. The van der Waals surface area contributed by atoms with Crippen LogP contribution in [0.1, 0.15) is 24.2 Å². The third-order valence-corrected chi connectivity index (χ3v) is 3.56. The van der Waals surface area contributed by atoms with Gasteiger partial charge in [-0.2, -0.15) is 0 Å². The second kappa shape index (κ2) is 5.00. The van der Waals surface area contributed by atoms with Gasteiger partial charge in [0.15, 0.2) is 0 Å². The number of carbonyl (C=O) groups excluding carboxylic acids is 1. The van der Waals surface area contributed by atoms with Crippen LogP contribution in [0.5, 0.6) is 5.75 Å². The quantitative estimate of drug-likeness (QED) is 0.833. The minimum absolute atomic E-state index is 0.00458. The minimum Gasteiger partial charge on any atom is -0.474 e. The van der Waals surface area contributed by atoms with Gasteiger partial charge in [0.1, 0.15) is 5.75 Å². The van der Waals surface area contributed by atoms with Crippen LogP contribution in [0.15, 0.2) is 48.5 Å². The molecule has 0 aliphatic carbocycles. The highest BCUT2D eigenvalue weighted by molar-refractivity contribution is 6.00. The molecule has 3 heteroatoms. The van der Waals surface area contributed by atoms with Crippen LogP contribution >= 0.6 is 0 Å². The Kier molecular flexibility index (Phi) is 3.18. The number of anilines is 1. The molecule has 1 heterocycles. The van der Waals surface area contributed by atoms with Crippen molar-refractivity contribution in [1.29, 1.82) is 0 Å². The van der Waals surface area contributed by atoms with E-state index in [0.29, 0.717) is 6.54 Å². The predicted molar refractivity (Wildman–Crippen MR) is 79.0 cm³/mol. The Morgan fingerprint density at radius 2 is 1.90 bits per heavy atom. The number of ether oxygens (including phenoxy) is 1. The van der Waals surface area contributed by atoms with Gasteiger partial charge in [0, 0.05) is 12.1 Å². The lowest BCUT2D eigenvalue weighted by Gasteiger charge is -2.34. The molecule has 1 atom stereocenters. The van der Waals surface area contributed by atoms with Gasteiger partial charge >= 0.3 is 0 Å². The Hall–Kier alpha value is -2.29. The van der Waals surface area contributed by atoms with E-state index in [0.717, 1.165) is 22.6 Å². The van der Waals surface area contributed by atoms with Crippen molar-refractivity contribution in [2.75, 3.05) is 11.4 Å². The number of carbonyl (C=O) groups is 1. The second-order valence-corrected chi connectivity index (χ2v) is 4.96. The van der Waals surface area contributed by atoms with E-state index < -0.39 is 6.10 Å². The van der Waals surface area contributed by atoms with E-state index in [4.69, 9.17) is 4.74 Å². The number of aryl methyl sites for hydroxylation is 1. The Labute approximate surface area is 118 Å². The van der Waals surface area contributed by atoms with Gasteiger partial charge in [-0.1, -0.05) is 36.4 Å². The molecule has 0 bridgehead atoms. The Morgan fingerprint density at radius 3 is 2.60 bits per heavy atom. The summed E-state index contributed by atoms with van der Waals surface area (Å²) in [5, 5.41) is 0. The van der Waals surface area contributed by atoms with Crippen molar-refractivity contribution >= 4 is 11.6 Å². The lowest BCUT2D eigenvalue weighted by atomic mass is 10.0. The molecule has 3 nitrogen and oxygen atoms in total. The normalized spacial score (nSPS) is 17.6. The summed E-state index contributed by atoms with van der Waals surface area (Å²) in [6, 6.07) is 15.6. The summed E-state index contributed by atoms with van der Waals surface area (Å²) >= 11 is 0. The standard InChI is InChI=1S/C17H17NO2/c1-3-18-14-10-9-12(2)11-15(14)20-16(17(18)19)13-7-5-4-6-8-13/h4-11,16H,3H2,1-2H3. The molecule has 0 aromatic heterocycles. The van der Waals surface area contributed by atoms with E-state index in [1.54, 1.807) is 4.90 Å². The van der Waals surface area contributed by atoms with Crippen LogP contribution in [0.2, 0.25) is 0 Å². The third-order valence-electron chi connectivity index (χ3n) is 3.56. The van der Waals surface area contributed by atoms with Gasteiger partial charge in [-0.25, -0.2) is 0 Å². The summed E-state index contributed by atoms with van der Waals surface area (Å²) in [4.78, 5) is 14.4. The highest BCUT2D eigenvalue weighted by Gasteiger charge is 2.34. The van der Waals surface area contributed by atoms with Crippen LogP contribution in [0, 0.1) is 6.92 Å². The van der Waals surface area contributed by atoms with E-state index >= 15 is 0 Å². The van der Waals surface area contributed by atoms with Crippen molar-refractivity contribution in [1.82, 2.24) is 0 Å². The molecule has 1 aliphatic rings. The molecular weight excluding hydrogens is 250 g/mol.